The molecule has 6 heteroatoms. The number of ether oxygens (including phenoxy) is 2. The van der Waals surface area contributed by atoms with E-state index in [1.807, 2.05) is 13.8 Å². The third-order valence-electron chi connectivity index (χ3n) is 3.90. The van der Waals surface area contributed by atoms with Crippen LogP contribution < -0.4 is 0 Å². The van der Waals surface area contributed by atoms with E-state index in [2.05, 4.69) is 6.58 Å². The van der Waals surface area contributed by atoms with Gasteiger partial charge in [-0.1, -0.05) is 19.1 Å². The highest BCUT2D eigenvalue weighted by molar-refractivity contribution is 5.09. The van der Waals surface area contributed by atoms with Gasteiger partial charge in [0.25, 0.3) is 0 Å². The van der Waals surface area contributed by atoms with E-state index in [1.54, 1.807) is 14.2 Å². The molecule has 1 aliphatic carbocycles. The summed E-state index contributed by atoms with van der Waals surface area (Å²) in [5, 5.41) is 9.44. The average Bonchev–Trinajstić information content (AvgIpc) is 2.34. The lowest BCUT2D eigenvalue weighted by Crippen LogP contribution is -2.66. The van der Waals surface area contributed by atoms with E-state index in [4.69, 9.17) is 24.1 Å². The number of methoxy groups -OCH3 is 2. The molecule has 0 bridgehead atoms. The zero-order valence-corrected chi connectivity index (χ0v) is 12.8. The van der Waals surface area contributed by atoms with Gasteiger partial charge in [-0.05, 0) is 19.8 Å². The summed E-state index contributed by atoms with van der Waals surface area (Å²) in [6.45, 7) is 8.58. The van der Waals surface area contributed by atoms with Crippen molar-refractivity contribution in [3.8, 4) is 0 Å². The van der Waals surface area contributed by atoms with Gasteiger partial charge in [0.1, 0.15) is 18.3 Å². The van der Waals surface area contributed by atoms with Crippen LogP contribution in [0.4, 0.5) is 0 Å². The van der Waals surface area contributed by atoms with Gasteiger partial charge in [-0.15, -0.1) is 0 Å². The molecule has 1 N–H and O–H groups in total. The van der Waals surface area contributed by atoms with Gasteiger partial charge >= 0.3 is 0 Å². The lowest BCUT2D eigenvalue weighted by atomic mass is 9.60. The molecule has 0 aromatic rings. The van der Waals surface area contributed by atoms with Gasteiger partial charge in [0, 0.05) is 19.6 Å². The number of hydrogen-bond donors (Lipinski definition) is 1. The smallest absolute Gasteiger partial charge is 0.142 e. The number of hydrogen-bond acceptors (Lipinski definition) is 6. The molecule has 1 saturated carbocycles. The van der Waals surface area contributed by atoms with E-state index in [1.165, 1.54) is 0 Å². The Bertz CT molecular complexity index is 309. The maximum absolute atomic E-state index is 9.44. The summed E-state index contributed by atoms with van der Waals surface area (Å²) in [6, 6.07) is 0. The molecule has 0 saturated heterocycles. The first-order chi connectivity index (χ1) is 9.45. The summed E-state index contributed by atoms with van der Waals surface area (Å²) >= 11 is 0. The van der Waals surface area contributed by atoms with E-state index in [0.717, 1.165) is 12.0 Å². The molecule has 20 heavy (non-hydrogen) atoms. The molecule has 1 rings (SSSR count). The Labute approximate surface area is 120 Å². The van der Waals surface area contributed by atoms with Gasteiger partial charge < -0.3 is 9.47 Å². The Balaban J connectivity index is 2.75. The second kappa shape index (κ2) is 7.49. The number of rotatable bonds is 10. The maximum atomic E-state index is 9.44. The van der Waals surface area contributed by atoms with E-state index in [0.29, 0.717) is 26.2 Å². The molecule has 0 aliphatic heterocycles. The molecule has 0 radical (unpaired) electrons. The van der Waals surface area contributed by atoms with Crippen molar-refractivity contribution in [2.45, 2.75) is 38.4 Å². The summed E-state index contributed by atoms with van der Waals surface area (Å²) in [7, 11) is 3.20. The summed E-state index contributed by atoms with van der Waals surface area (Å²) in [5.74, 6) is 0. The van der Waals surface area contributed by atoms with E-state index < -0.39 is 11.0 Å². The highest BCUT2D eigenvalue weighted by Gasteiger charge is 2.62. The topological polar surface area (TPSA) is 66.4 Å². The van der Waals surface area contributed by atoms with Crippen LogP contribution in [-0.4, -0.2) is 51.0 Å². The molecule has 118 valence electrons. The van der Waals surface area contributed by atoms with E-state index in [9.17, 15) is 5.26 Å². The zero-order valence-electron chi connectivity index (χ0n) is 12.8. The highest BCUT2D eigenvalue weighted by Crippen LogP contribution is 2.50. The van der Waals surface area contributed by atoms with E-state index >= 15 is 0 Å². The van der Waals surface area contributed by atoms with Crippen molar-refractivity contribution in [1.29, 1.82) is 0 Å². The summed E-state index contributed by atoms with van der Waals surface area (Å²) < 4.78 is 10.5. The summed E-state index contributed by atoms with van der Waals surface area (Å²) in [5.41, 5.74) is -0.578. The van der Waals surface area contributed by atoms with Gasteiger partial charge in [-0.3, -0.25) is 5.26 Å². The van der Waals surface area contributed by atoms with E-state index in [-0.39, 0.29) is 6.10 Å². The SMILES string of the molecule is C=C(C)COOC1CCC1(OO)C(C)(COC)COC. The third kappa shape index (κ3) is 3.39. The molecule has 2 atom stereocenters. The minimum atomic E-state index is -0.895. The van der Waals surface area contributed by atoms with Gasteiger partial charge in [-0.25, -0.2) is 14.7 Å². The Kier molecular flexibility index (Phi) is 6.57. The Morgan fingerprint density at radius 2 is 1.95 bits per heavy atom. The molecular formula is C14H26O6. The van der Waals surface area contributed by atoms with Crippen molar-refractivity contribution in [3.05, 3.63) is 12.2 Å². The predicted molar refractivity (Wildman–Crippen MR) is 73.2 cm³/mol. The maximum Gasteiger partial charge on any atom is 0.142 e. The Hall–Kier alpha value is -0.500. The first kappa shape index (κ1) is 17.6. The van der Waals surface area contributed by atoms with Crippen molar-refractivity contribution < 1.29 is 29.4 Å². The van der Waals surface area contributed by atoms with Crippen LogP contribution in [0.1, 0.15) is 26.7 Å². The van der Waals surface area contributed by atoms with Crippen LogP contribution in [0.25, 0.3) is 0 Å². The molecule has 0 spiro atoms. The normalized spacial score (nSPS) is 26.4. The van der Waals surface area contributed by atoms with Crippen molar-refractivity contribution in [3.63, 3.8) is 0 Å². The van der Waals surface area contributed by atoms with Gasteiger partial charge in [0.2, 0.25) is 0 Å². The van der Waals surface area contributed by atoms with Gasteiger partial charge in [0.05, 0.1) is 13.2 Å². The zero-order chi connectivity index (χ0) is 15.2. The summed E-state index contributed by atoms with van der Waals surface area (Å²) in [4.78, 5) is 15.3. The molecule has 2 unspecified atom stereocenters. The summed E-state index contributed by atoms with van der Waals surface area (Å²) in [6.07, 6.45) is 1.01. The van der Waals surface area contributed by atoms with Crippen molar-refractivity contribution in [1.82, 2.24) is 0 Å². The second-order valence-corrected chi connectivity index (χ2v) is 5.75. The molecule has 0 aromatic heterocycles. The lowest BCUT2D eigenvalue weighted by molar-refractivity contribution is -0.456. The lowest BCUT2D eigenvalue weighted by Gasteiger charge is -2.54. The standard InChI is InChI=1S/C14H26O6/c1-11(2)8-18-19-12-6-7-14(12,20-15)13(3,9-16-4)10-17-5/h12,15H,1,6-10H2,2-5H3. The largest absolute Gasteiger partial charge is 0.384 e. The Morgan fingerprint density at radius 1 is 1.35 bits per heavy atom. The van der Waals surface area contributed by atoms with Gasteiger partial charge in [-0.2, -0.15) is 0 Å². The quantitative estimate of drug-likeness (QED) is 0.378. The Morgan fingerprint density at radius 3 is 2.30 bits per heavy atom. The van der Waals surface area contributed by atoms with Crippen LogP contribution in [0, 0.1) is 5.41 Å². The van der Waals surface area contributed by atoms with Crippen LogP contribution >= 0.6 is 0 Å². The fourth-order valence-corrected chi connectivity index (χ4v) is 2.70. The fraction of sp³-hybridized carbons (Fsp3) is 0.857. The minimum absolute atomic E-state index is 0.309. The molecule has 0 amide bonds. The van der Waals surface area contributed by atoms with Crippen LogP contribution in [0.15, 0.2) is 12.2 Å². The molecule has 0 aromatic carbocycles. The second-order valence-electron chi connectivity index (χ2n) is 5.75. The third-order valence-corrected chi connectivity index (χ3v) is 3.90. The van der Waals surface area contributed by atoms with Crippen molar-refractivity contribution in [2.24, 2.45) is 5.41 Å². The van der Waals surface area contributed by atoms with Crippen LogP contribution in [0.2, 0.25) is 0 Å². The van der Waals surface area contributed by atoms with Crippen LogP contribution in [0.5, 0.6) is 0 Å². The van der Waals surface area contributed by atoms with Crippen molar-refractivity contribution >= 4 is 0 Å². The van der Waals surface area contributed by atoms with Crippen LogP contribution in [-0.2, 0) is 24.1 Å². The minimum Gasteiger partial charge on any atom is -0.384 e. The predicted octanol–water partition coefficient (Wildman–Crippen LogP) is 2.20. The molecule has 1 fully saturated rings. The highest BCUT2D eigenvalue weighted by atomic mass is 17.2. The van der Waals surface area contributed by atoms with Gasteiger partial charge in [0.15, 0.2) is 0 Å². The first-order valence-electron chi connectivity index (χ1n) is 6.69. The first-order valence-corrected chi connectivity index (χ1v) is 6.69. The van der Waals surface area contributed by atoms with Crippen molar-refractivity contribution in [2.75, 3.05) is 34.0 Å². The molecule has 1 aliphatic rings. The molecular weight excluding hydrogens is 264 g/mol. The molecule has 0 heterocycles. The molecule has 6 nitrogen and oxygen atoms in total. The monoisotopic (exact) mass is 290 g/mol. The fourth-order valence-electron chi connectivity index (χ4n) is 2.70. The van der Waals surface area contributed by atoms with Crippen LogP contribution in [0.3, 0.4) is 0 Å². The average molecular weight is 290 g/mol.